The van der Waals surface area contributed by atoms with Crippen molar-refractivity contribution in [3.8, 4) is 0 Å². The maximum Gasteiger partial charge on any atom is 0.418 e. The highest BCUT2D eigenvalue weighted by atomic mass is 35.5. The Kier molecular flexibility index (Phi) is 9.91. The molecule has 0 bridgehead atoms. The van der Waals surface area contributed by atoms with Crippen molar-refractivity contribution in [2.45, 2.75) is 39.7 Å². The molecule has 4 rings (SSSR count). The molecule has 40 heavy (non-hydrogen) atoms. The van der Waals surface area contributed by atoms with E-state index >= 15 is 0 Å². The van der Waals surface area contributed by atoms with Crippen LogP contribution in [-0.4, -0.2) is 45.9 Å². The van der Waals surface area contributed by atoms with E-state index in [1.54, 1.807) is 18.2 Å². The van der Waals surface area contributed by atoms with E-state index in [0.717, 1.165) is 20.9 Å². The fourth-order valence-electron chi connectivity index (χ4n) is 4.07. The van der Waals surface area contributed by atoms with Crippen molar-refractivity contribution in [3.63, 3.8) is 0 Å². The third-order valence-electron chi connectivity index (χ3n) is 6.29. The van der Waals surface area contributed by atoms with E-state index in [-0.39, 0.29) is 31.5 Å². The van der Waals surface area contributed by atoms with Crippen molar-refractivity contribution < 1.29 is 23.5 Å². The Morgan fingerprint density at radius 2 is 1.57 bits per heavy atom. The second kappa shape index (κ2) is 13.8. The van der Waals surface area contributed by atoms with Gasteiger partial charge >= 0.3 is 18.0 Å². The Hall–Kier alpha value is -4.17. The minimum atomic E-state index is -0.820. The number of hydrogen-bond donors (Lipinski definition) is 0. The van der Waals surface area contributed by atoms with Crippen molar-refractivity contribution >= 4 is 40.7 Å². The SMILES string of the molecule is CC(C)CCN(C(=O)OCc1ccccc1)C(=O)N(CCCc1ccccc1)C(=O)c1nc2cc(Cl)ccc2o1. The van der Waals surface area contributed by atoms with Gasteiger partial charge in [-0.25, -0.2) is 19.5 Å². The van der Waals surface area contributed by atoms with E-state index in [4.69, 9.17) is 20.8 Å². The molecule has 0 N–H and O–H groups in total. The van der Waals surface area contributed by atoms with E-state index < -0.39 is 18.0 Å². The van der Waals surface area contributed by atoms with Gasteiger partial charge < -0.3 is 9.15 Å². The number of halogens is 1. The van der Waals surface area contributed by atoms with Gasteiger partial charge in [0.2, 0.25) is 0 Å². The van der Waals surface area contributed by atoms with Crippen LogP contribution in [-0.2, 0) is 17.8 Å². The number of hydrogen-bond acceptors (Lipinski definition) is 6. The Morgan fingerprint density at radius 1 is 0.900 bits per heavy atom. The number of carbonyl (C=O) groups excluding carboxylic acids is 3. The van der Waals surface area contributed by atoms with Crippen molar-refractivity contribution in [2.75, 3.05) is 13.1 Å². The van der Waals surface area contributed by atoms with Gasteiger partial charge in [-0.1, -0.05) is 86.1 Å². The predicted octanol–water partition coefficient (Wildman–Crippen LogP) is 7.36. The summed E-state index contributed by atoms with van der Waals surface area (Å²) in [5, 5.41) is 0.441. The number of urea groups is 1. The Bertz CT molecular complexity index is 1440. The summed E-state index contributed by atoms with van der Waals surface area (Å²) in [5.41, 5.74) is 2.61. The minimum absolute atomic E-state index is 0.00102. The van der Waals surface area contributed by atoms with Crippen molar-refractivity contribution in [3.05, 3.63) is 101 Å². The zero-order valence-electron chi connectivity index (χ0n) is 22.6. The molecule has 8 nitrogen and oxygen atoms in total. The summed E-state index contributed by atoms with van der Waals surface area (Å²) in [4.78, 5) is 47.0. The van der Waals surface area contributed by atoms with Crippen molar-refractivity contribution in [2.24, 2.45) is 5.92 Å². The molecule has 0 radical (unpaired) electrons. The molecule has 0 saturated heterocycles. The summed E-state index contributed by atoms with van der Waals surface area (Å²) in [5.74, 6) is -0.788. The summed E-state index contributed by atoms with van der Waals surface area (Å²) in [6.45, 7) is 4.12. The lowest BCUT2D eigenvalue weighted by atomic mass is 10.1. The number of aromatic nitrogens is 1. The number of aryl methyl sites for hydroxylation is 1. The van der Waals surface area contributed by atoms with Gasteiger partial charge in [-0.3, -0.25) is 9.69 Å². The molecule has 0 unspecified atom stereocenters. The van der Waals surface area contributed by atoms with Gasteiger partial charge in [0, 0.05) is 18.1 Å². The summed E-state index contributed by atoms with van der Waals surface area (Å²) >= 11 is 6.07. The molecule has 1 aromatic heterocycles. The van der Waals surface area contributed by atoms with E-state index in [9.17, 15) is 14.4 Å². The first-order chi connectivity index (χ1) is 19.3. The molecule has 4 aromatic rings. The molecular weight excluding hydrogens is 530 g/mol. The molecule has 0 saturated carbocycles. The third-order valence-corrected chi connectivity index (χ3v) is 6.52. The predicted molar refractivity (Wildman–Crippen MR) is 153 cm³/mol. The maximum absolute atomic E-state index is 13.9. The molecule has 0 atom stereocenters. The molecule has 0 spiro atoms. The average Bonchev–Trinajstić information content (AvgIpc) is 3.38. The molecular formula is C31H32ClN3O5. The van der Waals surface area contributed by atoms with Crippen LogP contribution < -0.4 is 0 Å². The molecule has 0 aliphatic heterocycles. The van der Waals surface area contributed by atoms with Crippen LogP contribution in [0.1, 0.15) is 48.5 Å². The summed E-state index contributed by atoms with van der Waals surface area (Å²) in [6, 6.07) is 23.0. The average molecular weight is 562 g/mol. The van der Waals surface area contributed by atoms with Crippen LogP contribution in [0.4, 0.5) is 9.59 Å². The quantitative estimate of drug-likeness (QED) is 0.201. The molecule has 208 valence electrons. The fourth-order valence-corrected chi connectivity index (χ4v) is 4.24. The lowest BCUT2D eigenvalue weighted by Crippen LogP contribution is -2.50. The molecule has 4 amide bonds. The number of amides is 4. The van der Waals surface area contributed by atoms with E-state index in [1.807, 2.05) is 74.5 Å². The number of oxazole rings is 1. The standard InChI is InChI=1S/C31H32ClN3O5/c1-22(2)17-19-35(31(38)39-21-24-12-7-4-8-13-24)30(37)34(18-9-14-23-10-5-3-6-11-23)29(36)28-33-26-20-25(32)15-16-27(26)40-28/h3-8,10-13,15-16,20,22H,9,14,17-19,21H2,1-2H3. The van der Waals surface area contributed by atoms with E-state index in [1.165, 1.54) is 0 Å². The molecule has 9 heteroatoms. The van der Waals surface area contributed by atoms with Crippen LogP contribution in [0.25, 0.3) is 11.1 Å². The fraction of sp³-hybridized carbons (Fsp3) is 0.290. The van der Waals surface area contributed by atoms with Gasteiger partial charge in [-0.05, 0) is 54.5 Å². The molecule has 1 heterocycles. The largest absolute Gasteiger partial charge is 0.444 e. The first-order valence-corrected chi connectivity index (χ1v) is 13.6. The lowest BCUT2D eigenvalue weighted by Gasteiger charge is -2.27. The summed E-state index contributed by atoms with van der Waals surface area (Å²) in [7, 11) is 0. The monoisotopic (exact) mass is 561 g/mol. The number of benzene rings is 3. The molecule has 3 aromatic carbocycles. The zero-order chi connectivity index (χ0) is 28.5. The summed E-state index contributed by atoms with van der Waals surface area (Å²) in [6.07, 6.45) is 0.829. The third kappa shape index (κ3) is 7.70. The first kappa shape index (κ1) is 28.8. The number of ether oxygens (including phenoxy) is 1. The van der Waals surface area contributed by atoms with Crippen LogP contribution in [0.2, 0.25) is 5.02 Å². The topological polar surface area (TPSA) is 93.0 Å². The van der Waals surface area contributed by atoms with Crippen molar-refractivity contribution in [1.29, 1.82) is 0 Å². The lowest BCUT2D eigenvalue weighted by molar-refractivity contribution is 0.0679. The minimum Gasteiger partial charge on any atom is -0.444 e. The summed E-state index contributed by atoms with van der Waals surface area (Å²) < 4.78 is 11.2. The van der Waals surface area contributed by atoms with Crippen LogP contribution in [0.15, 0.2) is 83.3 Å². The Labute approximate surface area is 238 Å². The van der Waals surface area contributed by atoms with Crippen LogP contribution >= 0.6 is 11.6 Å². The molecule has 0 aliphatic carbocycles. The highest BCUT2D eigenvalue weighted by Crippen LogP contribution is 2.22. The maximum atomic E-state index is 13.9. The number of nitrogens with zero attached hydrogens (tertiary/aromatic N) is 3. The van der Waals surface area contributed by atoms with Gasteiger partial charge in [0.05, 0.1) is 0 Å². The zero-order valence-corrected chi connectivity index (χ0v) is 23.3. The normalized spacial score (nSPS) is 11.0. The van der Waals surface area contributed by atoms with Gasteiger partial charge in [0.25, 0.3) is 5.89 Å². The number of imide groups is 2. The smallest absolute Gasteiger partial charge is 0.418 e. The molecule has 0 fully saturated rings. The first-order valence-electron chi connectivity index (χ1n) is 13.3. The van der Waals surface area contributed by atoms with Gasteiger partial charge in [0.15, 0.2) is 5.58 Å². The van der Waals surface area contributed by atoms with E-state index in [0.29, 0.717) is 35.4 Å². The van der Waals surface area contributed by atoms with E-state index in [2.05, 4.69) is 4.98 Å². The Balaban J connectivity index is 1.58. The highest BCUT2D eigenvalue weighted by molar-refractivity contribution is 6.31. The highest BCUT2D eigenvalue weighted by Gasteiger charge is 2.34. The van der Waals surface area contributed by atoms with Crippen LogP contribution in [0.5, 0.6) is 0 Å². The molecule has 0 aliphatic rings. The van der Waals surface area contributed by atoms with Crippen molar-refractivity contribution in [1.82, 2.24) is 14.8 Å². The van der Waals surface area contributed by atoms with Gasteiger partial charge in [0.1, 0.15) is 12.1 Å². The van der Waals surface area contributed by atoms with Gasteiger partial charge in [-0.2, -0.15) is 0 Å². The number of fused-ring (bicyclic) bond motifs is 1. The second-order valence-corrected chi connectivity index (χ2v) is 10.3. The second-order valence-electron chi connectivity index (χ2n) is 9.83. The Morgan fingerprint density at radius 3 is 2.25 bits per heavy atom. The number of carbonyl (C=O) groups is 3. The van der Waals surface area contributed by atoms with Crippen LogP contribution in [0, 0.1) is 5.92 Å². The van der Waals surface area contributed by atoms with Gasteiger partial charge in [-0.15, -0.1) is 0 Å². The van der Waals surface area contributed by atoms with Crippen LogP contribution in [0.3, 0.4) is 0 Å². The number of rotatable bonds is 10.